The van der Waals surface area contributed by atoms with Crippen LogP contribution in [0.2, 0.25) is 0 Å². The molecule has 2 aromatic rings. The first-order chi connectivity index (χ1) is 8.19. The van der Waals surface area contributed by atoms with Crippen molar-refractivity contribution in [3.63, 3.8) is 0 Å². The Hall–Kier alpha value is -2.68. The van der Waals surface area contributed by atoms with Gasteiger partial charge in [-0.05, 0) is 31.2 Å². The molecule has 0 aliphatic carbocycles. The van der Waals surface area contributed by atoms with E-state index in [1.165, 1.54) is 0 Å². The van der Waals surface area contributed by atoms with E-state index in [2.05, 4.69) is 20.5 Å². The largest absolute Gasteiger partial charge is 0.324 e. The lowest BCUT2D eigenvalue weighted by molar-refractivity contribution is 0.908. The SMILES string of the molecule is Cc1nnc(Nc2ccc(C#N)cc2)[nH]c1=O. The van der Waals surface area contributed by atoms with E-state index in [0.717, 1.165) is 5.69 Å². The van der Waals surface area contributed by atoms with Crippen molar-refractivity contribution >= 4 is 11.6 Å². The molecule has 0 atom stereocenters. The Morgan fingerprint density at radius 1 is 1.29 bits per heavy atom. The second-order valence-corrected chi connectivity index (χ2v) is 3.40. The molecule has 84 valence electrons. The summed E-state index contributed by atoms with van der Waals surface area (Å²) in [4.78, 5) is 13.8. The van der Waals surface area contributed by atoms with E-state index < -0.39 is 0 Å². The number of rotatable bonds is 2. The van der Waals surface area contributed by atoms with Gasteiger partial charge in [0.15, 0.2) is 0 Å². The summed E-state index contributed by atoms with van der Waals surface area (Å²) in [5.74, 6) is 0.269. The Kier molecular flexibility index (Phi) is 2.83. The van der Waals surface area contributed by atoms with Crippen molar-refractivity contribution in [1.29, 1.82) is 5.26 Å². The monoisotopic (exact) mass is 227 g/mol. The van der Waals surface area contributed by atoms with Gasteiger partial charge in [0.25, 0.3) is 5.56 Å². The van der Waals surface area contributed by atoms with Gasteiger partial charge in [-0.15, -0.1) is 10.2 Å². The number of nitrogens with one attached hydrogen (secondary N) is 2. The van der Waals surface area contributed by atoms with Crippen LogP contribution in [0.1, 0.15) is 11.3 Å². The molecular formula is C11H9N5O. The molecule has 0 aliphatic heterocycles. The molecule has 6 nitrogen and oxygen atoms in total. The summed E-state index contributed by atoms with van der Waals surface area (Å²) >= 11 is 0. The van der Waals surface area contributed by atoms with Gasteiger partial charge in [-0.2, -0.15) is 5.26 Å². The first kappa shape index (κ1) is 10.8. The van der Waals surface area contributed by atoms with Gasteiger partial charge in [0.1, 0.15) is 5.69 Å². The van der Waals surface area contributed by atoms with Crippen molar-refractivity contribution in [3.05, 3.63) is 45.9 Å². The minimum absolute atomic E-state index is 0.269. The van der Waals surface area contributed by atoms with E-state index in [9.17, 15) is 4.79 Å². The summed E-state index contributed by atoms with van der Waals surface area (Å²) in [6.07, 6.45) is 0. The number of nitrogens with zero attached hydrogens (tertiary/aromatic N) is 3. The van der Waals surface area contributed by atoms with E-state index in [1.54, 1.807) is 31.2 Å². The van der Waals surface area contributed by atoms with Crippen LogP contribution in [0.15, 0.2) is 29.1 Å². The molecule has 0 saturated carbocycles. The lowest BCUT2D eigenvalue weighted by Crippen LogP contribution is -2.15. The smallest absolute Gasteiger partial charge is 0.273 e. The molecule has 0 aliphatic rings. The molecule has 1 heterocycles. The van der Waals surface area contributed by atoms with E-state index in [4.69, 9.17) is 5.26 Å². The lowest BCUT2D eigenvalue weighted by Gasteiger charge is -2.03. The van der Waals surface area contributed by atoms with Crippen LogP contribution in [0.4, 0.5) is 11.6 Å². The zero-order valence-corrected chi connectivity index (χ0v) is 9.06. The third-order valence-electron chi connectivity index (χ3n) is 2.14. The van der Waals surface area contributed by atoms with Gasteiger partial charge < -0.3 is 5.32 Å². The molecular weight excluding hydrogens is 218 g/mol. The Balaban J connectivity index is 2.23. The fourth-order valence-electron chi connectivity index (χ4n) is 1.21. The fraction of sp³-hybridized carbons (Fsp3) is 0.0909. The second-order valence-electron chi connectivity index (χ2n) is 3.40. The molecule has 0 bridgehead atoms. The van der Waals surface area contributed by atoms with Crippen LogP contribution in [0.5, 0.6) is 0 Å². The van der Waals surface area contributed by atoms with Crippen LogP contribution in [0, 0.1) is 18.3 Å². The quantitative estimate of drug-likeness (QED) is 0.800. The summed E-state index contributed by atoms with van der Waals surface area (Å²) in [6, 6.07) is 8.80. The van der Waals surface area contributed by atoms with Crippen molar-refractivity contribution in [3.8, 4) is 6.07 Å². The summed E-state index contributed by atoms with van der Waals surface area (Å²) in [5.41, 5.74) is 1.32. The first-order valence-electron chi connectivity index (χ1n) is 4.90. The molecule has 0 amide bonds. The topological polar surface area (TPSA) is 94.5 Å². The van der Waals surface area contributed by atoms with Crippen LogP contribution in [0.25, 0.3) is 0 Å². The minimum atomic E-state index is -0.281. The van der Waals surface area contributed by atoms with Gasteiger partial charge in [0, 0.05) is 5.69 Å². The van der Waals surface area contributed by atoms with Crippen LogP contribution in [-0.4, -0.2) is 15.2 Å². The average molecular weight is 227 g/mol. The van der Waals surface area contributed by atoms with E-state index >= 15 is 0 Å². The summed E-state index contributed by atoms with van der Waals surface area (Å²) in [5, 5.41) is 19.0. The van der Waals surface area contributed by atoms with Gasteiger partial charge in [0.2, 0.25) is 5.95 Å². The fourth-order valence-corrected chi connectivity index (χ4v) is 1.21. The van der Waals surface area contributed by atoms with Gasteiger partial charge in [0.05, 0.1) is 11.6 Å². The summed E-state index contributed by atoms with van der Waals surface area (Å²) < 4.78 is 0. The van der Waals surface area contributed by atoms with Crippen LogP contribution in [0.3, 0.4) is 0 Å². The zero-order chi connectivity index (χ0) is 12.3. The van der Waals surface area contributed by atoms with Crippen molar-refractivity contribution < 1.29 is 0 Å². The Morgan fingerprint density at radius 3 is 2.59 bits per heavy atom. The van der Waals surface area contributed by atoms with Crippen molar-refractivity contribution in [2.75, 3.05) is 5.32 Å². The number of aromatic amines is 1. The van der Waals surface area contributed by atoms with Gasteiger partial charge in [-0.3, -0.25) is 9.78 Å². The molecule has 0 unspecified atom stereocenters. The minimum Gasteiger partial charge on any atom is -0.324 e. The first-order valence-corrected chi connectivity index (χ1v) is 4.90. The second kappa shape index (κ2) is 4.45. The third-order valence-corrected chi connectivity index (χ3v) is 2.14. The van der Waals surface area contributed by atoms with Gasteiger partial charge in [-0.1, -0.05) is 0 Å². The van der Waals surface area contributed by atoms with Crippen LogP contribution < -0.4 is 10.9 Å². The maximum atomic E-state index is 11.3. The number of anilines is 2. The highest BCUT2D eigenvalue weighted by molar-refractivity contribution is 5.54. The van der Waals surface area contributed by atoms with E-state index in [1.807, 2.05) is 6.07 Å². The predicted molar refractivity (Wildman–Crippen MR) is 61.8 cm³/mol. The zero-order valence-electron chi connectivity index (χ0n) is 9.06. The van der Waals surface area contributed by atoms with Gasteiger partial charge >= 0.3 is 0 Å². The van der Waals surface area contributed by atoms with Gasteiger partial charge in [-0.25, -0.2) is 0 Å². The number of hydrogen-bond acceptors (Lipinski definition) is 5. The number of aromatic nitrogens is 3. The molecule has 2 rings (SSSR count). The number of hydrogen-bond donors (Lipinski definition) is 2. The third kappa shape index (κ3) is 2.46. The average Bonchev–Trinajstić information content (AvgIpc) is 2.35. The van der Waals surface area contributed by atoms with Crippen molar-refractivity contribution in [2.45, 2.75) is 6.92 Å². The highest BCUT2D eigenvalue weighted by Gasteiger charge is 2.00. The standard InChI is InChI=1S/C11H9N5O/c1-7-10(17)14-11(16-15-7)13-9-4-2-8(6-12)3-5-9/h2-5H,1H3,(H2,13,14,16,17). The Bertz CT molecular complexity index is 624. The molecule has 1 aromatic carbocycles. The maximum absolute atomic E-state index is 11.3. The molecule has 2 N–H and O–H groups in total. The van der Waals surface area contributed by atoms with Crippen LogP contribution in [-0.2, 0) is 0 Å². The Morgan fingerprint density at radius 2 is 2.00 bits per heavy atom. The molecule has 0 fully saturated rings. The highest BCUT2D eigenvalue weighted by Crippen LogP contribution is 2.11. The van der Waals surface area contributed by atoms with Crippen molar-refractivity contribution in [1.82, 2.24) is 15.2 Å². The maximum Gasteiger partial charge on any atom is 0.273 e. The molecule has 6 heteroatoms. The summed E-state index contributed by atoms with van der Waals surface area (Å²) in [6.45, 7) is 1.58. The highest BCUT2D eigenvalue weighted by atomic mass is 16.1. The van der Waals surface area contributed by atoms with Crippen LogP contribution >= 0.6 is 0 Å². The predicted octanol–water partition coefficient (Wildman–Crippen LogP) is 1.09. The number of nitriles is 1. The number of H-pyrrole nitrogens is 1. The molecule has 0 spiro atoms. The van der Waals surface area contributed by atoms with E-state index in [-0.39, 0.29) is 11.5 Å². The summed E-state index contributed by atoms with van der Waals surface area (Å²) in [7, 11) is 0. The Labute approximate surface area is 96.9 Å². The normalized spacial score (nSPS) is 9.65. The lowest BCUT2D eigenvalue weighted by atomic mass is 10.2. The molecule has 0 saturated heterocycles. The van der Waals surface area contributed by atoms with Crippen molar-refractivity contribution in [2.24, 2.45) is 0 Å². The molecule has 17 heavy (non-hydrogen) atoms. The molecule has 0 radical (unpaired) electrons. The number of benzene rings is 1. The van der Waals surface area contributed by atoms with E-state index in [0.29, 0.717) is 11.3 Å². The number of aryl methyl sites for hydroxylation is 1. The molecule has 1 aromatic heterocycles.